The average Bonchev–Trinajstić information content (AvgIpc) is 3.26. The Morgan fingerprint density at radius 2 is 1.88 bits per heavy atom. The topological polar surface area (TPSA) is 74.4 Å². The van der Waals surface area contributed by atoms with Crippen LogP contribution in [-0.4, -0.2) is 41.9 Å². The second-order valence-electron chi connectivity index (χ2n) is 8.40. The number of halogens is 1. The smallest absolute Gasteiger partial charge is 0.270 e. The van der Waals surface area contributed by atoms with E-state index in [1.54, 1.807) is 7.11 Å². The standard InChI is InChI=1S/C25H28ClN3O3/c1-16(24(30)27-15-17-3-6-20(26)7-4-17)18-9-11-29(12-10-18)25(31)23-13-19-5-8-21(32-2)14-22(19)28-23/h3-8,13-14,16,18,28H,9-12,15H2,1-2H3,(H,27,30)/t16-/m1/s1. The molecule has 4 rings (SSSR count). The molecular formula is C25H28ClN3O3. The molecule has 0 radical (unpaired) electrons. The summed E-state index contributed by atoms with van der Waals surface area (Å²) in [4.78, 5) is 30.7. The van der Waals surface area contributed by atoms with E-state index in [1.807, 2.05) is 60.4 Å². The summed E-state index contributed by atoms with van der Waals surface area (Å²) in [7, 11) is 1.62. The molecule has 32 heavy (non-hydrogen) atoms. The second kappa shape index (κ2) is 9.65. The first kappa shape index (κ1) is 22.2. The van der Waals surface area contributed by atoms with E-state index in [4.69, 9.17) is 16.3 Å². The minimum absolute atomic E-state index is 0.00143. The number of aromatic nitrogens is 1. The van der Waals surface area contributed by atoms with Gasteiger partial charge in [-0.05, 0) is 54.7 Å². The predicted octanol–water partition coefficient (Wildman–Crippen LogP) is 4.63. The number of amides is 2. The van der Waals surface area contributed by atoms with E-state index in [0.29, 0.717) is 30.4 Å². The molecule has 1 fully saturated rings. The molecule has 1 atom stereocenters. The Kier molecular flexibility index (Phi) is 6.70. The average molecular weight is 454 g/mol. The third-order valence-corrected chi connectivity index (χ3v) is 6.64. The molecule has 0 saturated carbocycles. The molecule has 0 aliphatic carbocycles. The van der Waals surface area contributed by atoms with Gasteiger partial charge in [-0.2, -0.15) is 0 Å². The fourth-order valence-corrected chi connectivity index (χ4v) is 4.41. The van der Waals surface area contributed by atoms with Crippen LogP contribution < -0.4 is 10.1 Å². The molecule has 1 aliphatic heterocycles. The van der Waals surface area contributed by atoms with Crippen molar-refractivity contribution in [3.8, 4) is 5.75 Å². The van der Waals surface area contributed by atoms with Crippen LogP contribution in [0.15, 0.2) is 48.5 Å². The molecule has 168 valence electrons. The molecule has 2 amide bonds. The number of hydrogen-bond donors (Lipinski definition) is 2. The highest BCUT2D eigenvalue weighted by Gasteiger charge is 2.30. The van der Waals surface area contributed by atoms with Crippen molar-refractivity contribution >= 4 is 34.3 Å². The number of aromatic amines is 1. The van der Waals surface area contributed by atoms with Gasteiger partial charge < -0.3 is 19.9 Å². The second-order valence-corrected chi connectivity index (χ2v) is 8.84. The zero-order valence-corrected chi connectivity index (χ0v) is 19.1. The van der Waals surface area contributed by atoms with Gasteiger partial charge in [0.25, 0.3) is 5.91 Å². The monoisotopic (exact) mass is 453 g/mol. The number of fused-ring (bicyclic) bond motifs is 1. The maximum atomic E-state index is 13.0. The quantitative estimate of drug-likeness (QED) is 0.571. The van der Waals surface area contributed by atoms with Crippen LogP contribution >= 0.6 is 11.6 Å². The van der Waals surface area contributed by atoms with Crippen LogP contribution in [0, 0.1) is 11.8 Å². The molecule has 2 heterocycles. The Morgan fingerprint density at radius 3 is 2.56 bits per heavy atom. The Hall–Kier alpha value is -2.99. The third kappa shape index (κ3) is 4.91. The Bertz CT molecular complexity index is 1100. The fraction of sp³-hybridized carbons (Fsp3) is 0.360. The van der Waals surface area contributed by atoms with Gasteiger partial charge in [0.15, 0.2) is 0 Å². The van der Waals surface area contributed by atoms with Crippen molar-refractivity contribution < 1.29 is 14.3 Å². The predicted molar refractivity (Wildman–Crippen MR) is 126 cm³/mol. The van der Waals surface area contributed by atoms with E-state index < -0.39 is 0 Å². The van der Waals surface area contributed by atoms with Gasteiger partial charge in [0, 0.05) is 47.5 Å². The van der Waals surface area contributed by atoms with E-state index in [9.17, 15) is 9.59 Å². The maximum absolute atomic E-state index is 13.0. The highest BCUT2D eigenvalue weighted by Crippen LogP contribution is 2.27. The Balaban J connectivity index is 1.30. The fourth-order valence-electron chi connectivity index (χ4n) is 4.29. The Labute approximate surface area is 192 Å². The summed E-state index contributed by atoms with van der Waals surface area (Å²) in [5, 5.41) is 4.69. The van der Waals surface area contributed by atoms with Crippen LogP contribution in [0.25, 0.3) is 10.9 Å². The lowest BCUT2D eigenvalue weighted by Gasteiger charge is -2.34. The number of nitrogens with one attached hydrogen (secondary N) is 2. The molecule has 2 N–H and O–H groups in total. The van der Waals surface area contributed by atoms with Crippen LogP contribution in [0.4, 0.5) is 0 Å². The van der Waals surface area contributed by atoms with Gasteiger partial charge >= 0.3 is 0 Å². The minimum Gasteiger partial charge on any atom is -0.497 e. The van der Waals surface area contributed by atoms with Crippen molar-refractivity contribution in [1.82, 2.24) is 15.2 Å². The zero-order valence-electron chi connectivity index (χ0n) is 18.4. The number of ether oxygens (including phenoxy) is 1. The summed E-state index contributed by atoms with van der Waals surface area (Å²) < 4.78 is 5.26. The van der Waals surface area contributed by atoms with E-state index in [0.717, 1.165) is 35.1 Å². The van der Waals surface area contributed by atoms with Crippen molar-refractivity contribution in [2.45, 2.75) is 26.3 Å². The lowest BCUT2D eigenvalue weighted by Crippen LogP contribution is -2.42. The summed E-state index contributed by atoms with van der Waals surface area (Å²) in [6.45, 7) is 3.77. The van der Waals surface area contributed by atoms with Crippen molar-refractivity contribution in [2.75, 3.05) is 20.2 Å². The lowest BCUT2D eigenvalue weighted by molar-refractivity contribution is -0.126. The number of methoxy groups -OCH3 is 1. The van der Waals surface area contributed by atoms with E-state index >= 15 is 0 Å². The number of piperidine rings is 1. The molecule has 7 heteroatoms. The van der Waals surface area contributed by atoms with Crippen LogP contribution in [0.2, 0.25) is 5.02 Å². The molecular weight excluding hydrogens is 426 g/mol. The van der Waals surface area contributed by atoms with Crippen LogP contribution in [0.5, 0.6) is 5.75 Å². The van der Waals surface area contributed by atoms with Crippen molar-refractivity contribution in [3.05, 3.63) is 64.8 Å². The van der Waals surface area contributed by atoms with Crippen LogP contribution in [0.3, 0.4) is 0 Å². The number of nitrogens with zero attached hydrogens (tertiary/aromatic N) is 1. The highest BCUT2D eigenvalue weighted by atomic mass is 35.5. The van der Waals surface area contributed by atoms with Gasteiger partial charge in [0.2, 0.25) is 5.91 Å². The molecule has 6 nitrogen and oxygen atoms in total. The largest absolute Gasteiger partial charge is 0.497 e. The zero-order chi connectivity index (χ0) is 22.7. The molecule has 1 saturated heterocycles. The SMILES string of the molecule is COc1ccc2cc(C(=O)N3CCC([C@@H](C)C(=O)NCc4ccc(Cl)cc4)CC3)[nH]c2c1. The number of hydrogen-bond acceptors (Lipinski definition) is 3. The normalized spacial score (nSPS) is 15.5. The summed E-state index contributed by atoms with van der Waals surface area (Å²) in [5.41, 5.74) is 2.49. The van der Waals surface area contributed by atoms with Crippen LogP contribution in [0.1, 0.15) is 35.8 Å². The third-order valence-electron chi connectivity index (χ3n) is 6.39. The lowest BCUT2D eigenvalue weighted by atomic mass is 9.84. The minimum atomic E-state index is -0.0971. The van der Waals surface area contributed by atoms with Gasteiger partial charge in [-0.1, -0.05) is 30.7 Å². The first-order valence-electron chi connectivity index (χ1n) is 10.9. The Morgan fingerprint density at radius 1 is 1.16 bits per heavy atom. The first-order chi connectivity index (χ1) is 15.4. The molecule has 0 bridgehead atoms. The number of benzene rings is 2. The molecule has 0 unspecified atom stereocenters. The first-order valence-corrected chi connectivity index (χ1v) is 11.3. The number of likely N-dealkylation sites (tertiary alicyclic amines) is 1. The molecule has 0 spiro atoms. The van der Waals surface area contributed by atoms with Gasteiger partial charge in [0.1, 0.15) is 11.4 Å². The summed E-state index contributed by atoms with van der Waals surface area (Å²) in [6.07, 6.45) is 1.63. The summed E-state index contributed by atoms with van der Waals surface area (Å²) >= 11 is 5.91. The number of H-pyrrole nitrogens is 1. The van der Waals surface area contributed by atoms with E-state index in [1.165, 1.54) is 0 Å². The highest BCUT2D eigenvalue weighted by molar-refractivity contribution is 6.30. The van der Waals surface area contributed by atoms with E-state index in [2.05, 4.69) is 10.3 Å². The number of carbonyl (C=O) groups excluding carboxylic acids is 2. The van der Waals surface area contributed by atoms with E-state index in [-0.39, 0.29) is 23.7 Å². The van der Waals surface area contributed by atoms with Crippen molar-refractivity contribution in [3.63, 3.8) is 0 Å². The summed E-state index contributed by atoms with van der Waals surface area (Å²) in [6, 6.07) is 15.1. The maximum Gasteiger partial charge on any atom is 0.270 e. The molecule has 1 aromatic heterocycles. The van der Waals surface area contributed by atoms with Gasteiger partial charge in [-0.15, -0.1) is 0 Å². The summed E-state index contributed by atoms with van der Waals surface area (Å²) in [5.74, 6) is 0.964. The van der Waals surface area contributed by atoms with Crippen molar-refractivity contribution in [2.24, 2.45) is 11.8 Å². The van der Waals surface area contributed by atoms with Gasteiger partial charge in [-0.3, -0.25) is 9.59 Å². The number of rotatable bonds is 6. The molecule has 2 aromatic carbocycles. The molecule has 3 aromatic rings. The molecule has 1 aliphatic rings. The van der Waals surface area contributed by atoms with Gasteiger partial charge in [-0.25, -0.2) is 0 Å². The van der Waals surface area contributed by atoms with Crippen molar-refractivity contribution in [1.29, 1.82) is 0 Å². The van der Waals surface area contributed by atoms with Gasteiger partial charge in [0.05, 0.1) is 7.11 Å². The number of carbonyl (C=O) groups is 2. The van der Waals surface area contributed by atoms with Crippen LogP contribution in [-0.2, 0) is 11.3 Å².